The molecule has 2 heteroatoms. The largest absolute Gasteiger partial charge is 0.383 e. The van der Waals surface area contributed by atoms with Crippen LogP contribution in [0.4, 0.5) is 0 Å². The highest BCUT2D eigenvalue weighted by Gasteiger charge is 2.00. The molecule has 0 aromatic heterocycles. The second-order valence-corrected chi connectivity index (χ2v) is 4.19. The Labute approximate surface area is 108 Å². The Morgan fingerprint density at radius 2 is 1.56 bits per heavy atom. The van der Waals surface area contributed by atoms with Crippen LogP contribution in [0.15, 0.2) is 59.6 Å². The number of hydrogen-bond acceptors (Lipinski definition) is 1. The lowest BCUT2D eigenvalue weighted by Gasteiger charge is -2.05. The zero-order valence-electron chi connectivity index (χ0n) is 10.6. The van der Waals surface area contributed by atoms with Gasteiger partial charge in [0.15, 0.2) is 0 Å². The van der Waals surface area contributed by atoms with Crippen molar-refractivity contribution in [3.8, 4) is 0 Å². The van der Waals surface area contributed by atoms with Gasteiger partial charge in [-0.05, 0) is 17.5 Å². The van der Waals surface area contributed by atoms with Crippen molar-refractivity contribution in [2.75, 3.05) is 0 Å². The SMILES string of the molecule is CCc1ccccc1CN=C(N)c1ccccc1. The first-order valence-electron chi connectivity index (χ1n) is 6.23. The maximum absolute atomic E-state index is 5.98. The lowest BCUT2D eigenvalue weighted by molar-refractivity contribution is 1.000. The van der Waals surface area contributed by atoms with Gasteiger partial charge in [0.2, 0.25) is 0 Å². The molecule has 0 unspecified atom stereocenters. The molecule has 2 N–H and O–H groups in total. The molecule has 18 heavy (non-hydrogen) atoms. The molecular formula is C16H18N2. The van der Waals surface area contributed by atoms with Gasteiger partial charge >= 0.3 is 0 Å². The smallest absolute Gasteiger partial charge is 0.125 e. The van der Waals surface area contributed by atoms with Gasteiger partial charge in [-0.25, -0.2) is 0 Å². The van der Waals surface area contributed by atoms with E-state index in [1.807, 2.05) is 36.4 Å². The van der Waals surface area contributed by atoms with Crippen LogP contribution < -0.4 is 5.73 Å². The van der Waals surface area contributed by atoms with Crippen LogP contribution in [0.5, 0.6) is 0 Å². The molecule has 2 nitrogen and oxygen atoms in total. The highest BCUT2D eigenvalue weighted by Crippen LogP contribution is 2.11. The fraction of sp³-hybridized carbons (Fsp3) is 0.188. The Kier molecular flexibility index (Phi) is 4.13. The summed E-state index contributed by atoms with van der Waals surface area (Å²) < 4.78 is 0. The Hall–Kier alpha value is -2.09. The number of amidine groups is 1. The van der Waals surface area contributed by atoms with E-state index in [4.69, 9.17) is 5.73 Å². The van der Waals surface area contributed by atoms with E-state index in [9.17, 15) is 0 Å². The van der Waals surface area contributed by atoms with Gasteiger partial charge in [0, 0.05) is 5.56 Å². The number of nitrogens with two attached hydrogens (primary N) is 1. The minimum absolute atomic E-state index is 0.599. The second-order valence-electron chi connectivity index (χ2n) is 4.19. The van der Waals surface area contributed by atoms with Gasteiger partial charge in [0.05, 0.1) is 6.54 Å². The molecule has 0 saturated heterocycles. The van der Waals surface area contributed by atoms with Crippen molar-refractivity contribution in [2.24, 2.45) is 10.7 Å². The van der Waals surface area contributed by atoms with Gasteiger partial charge in [-0.1, -0.05) is 61.5 Å². The molecule has 0 radical (unpaired) electrons. The zero-order chi connectivity index (χ0) is 12.8. The summed E-state index contributed by atoms with van der Waals surface area (Å²) in [5.41, 5.74) is 9.55. The van der Waals surface area contributed by atoms with E-state index in [0.717, 1.165) is 12.0 Å². The van der Waals surface area contributed by atoms with Crippen LogP contribution in [0, 0.1) is 0 Å². The summed E-state index contributed by atoms with van der Waals surface area (Å²) >= 11 is 0. The molecule has 0 aliphatic rings. The molecule has 0 saturated carbocycles. The maximum Gasteiger partial charge on any atom is 0.125 e. The molecule has 0 aliphatic heterocycles. The minimum atomic E-state index is 0.599. The van der Waals surface area contributed by atoms with E-state index >= 15 is 0 Å². The standard InChI is InChI=1S/C16H18N2/c1-2-13-8-6-7-11-15(13)12-18-16(17)14-9-4-3-5-10-14/h3-11H,2,12H2,1H3,(H2,17,18). The fourth-order valence-electron chi connectivity index (χ4n) is 1.93. The third-order valence-corrected chi connectivity index (χ3v) is 2.99. The molecule has 0 bridgehead atoms. The summed E-state index contributed by atoms with van der Waals surface area (Å²) in [6.07, 6.45) is 1.02. The molecule has 0 fully saturated rings. The van der Waals surface area contributed by atoms with Crippen LogP contribution >= 0.6 is 0 Å². The van der Waals surface area contributed by atoms with Crippen molar-refractivity contribution in [1.82, 2.24) is 0 Å². The molecule has 0 atom stereocenters. The van der Waals surface area contributed by atoms with Gasteiger partial charge in [-0.2, -0.15) is 0 Å². The van der Waals surface area contributed by atoms with Crippen LogP contribution in [0.1, 0.15) is 23.6 Å². The van der Waals surface area contributed by atoms with Crippen LogP contribution in [0.3, 0.4) is 0 Å². The first-order valence-corrected chi connectivity index (χ1v) is 6.23. The van der Waals surface area contributed by atoms with Crippen molar-refractivity contribution < 1.29 is 0 Å². The Morgan fingerprint density at radius 1 is 0.944 bits per heavy atom. The van der Waals surface area contributed by atoms with Gasteiger partial charge in [0.25, 0.3) is 0 Å². The average Bonchev–Trinajstić information content (AvgIpc) is 2.46. The number of aliphatic imine (C=N–C) groups is 1. The molecule has 2 aromatic carbocycles. The molecule has 2 aromatic rings. The third-order valence-electron chi connectivity index (χ3n) is 2.99. The normalized spacial score (nSPS) is 11.5. The molecule has 0 heterocycles. The van der Waals surface area contributed by atoms with Crippen LogP contribution in [-0.2, 0) is 13.0 Å². The quantitative estimate of drug-likeness (QED) is 0.645. The summed E-state index contributed by atoms with van der Waals surface area (Å²) in [5.74, 6) is 0.599. The molecule has 0 aliphatic carbocycles. The van der Waals surface area contributed by atoms with E-state index in [-0.39, 0.29) is 0 Å². The van der Waals surface area contributed by atoms with E-state index in [1.165, 1.54) is 11.1 Å². The van der Waals surface area contributed by atoms with Crippen LogP contribution in [0.25, 0.3) is 0 Å². The Morgan fingerprint density at radius 3 is 2.22 bits per heavy atom. The lowest BCUT2D eigenvalue weighted by Crippen LogP contribution is -2.13. The van der Waals surface area contributed by atoms with Gasteiger partial charge in [-0.15, -0.1) is 0 Å². The lowest BCUT2D eigenvalue weighted by atomic mass is 10.1. The first-order chi connectivity index (χ1) is 8.81. The fourth-order valence-corrected chi connectivity index (χ4v) is 1.93. The molecular weight excluding hydrogens is 220 g/mol. The van der Waals surface area contributed by atoms with Crippen LogP contribution in [0.2, 0.25) is 0 Å². The number of nitrogens with zero attached hydrogens (tertiary/aromatic N) is 1. The second kappa shape index (κ2) is 6.01. The van der Waals surface area contributed by atoms with E-state index in [1.54, 1.807) is 0 Å². The van der Waals surface area contributed by atoms with Crippen molar-refractivity contribution in [3.63, 3.8) is 0 Å². The highest BCUT2D eigenvalue weighted by atomic mass is 14.8. The topological polar surface area (TPSA) is 38.4 Å². The zero-order valence-corrected chi connectivity index (χ0v) is 10.6. The Balaban J connectivity index is 2.15. The van der Waals surface area contributed by atoms with Crippen molar-refractivity contribution >= 4 is 5.84 Å². The maximum atomic E-state index is 5.98. The van der Waals surface area contributed by atoms with E-state index in [2.05, 4.69) is 30.1 Å². The molecule has 2 rings (SSSR count). The third kappa shape index (κ3) is 2.98. The number of benzene rings is 2. The molecule has 0 amide bonds. The summed E-state index contributed by atoms with van der Waals surface area (Å²) in [4.78, 5) is 4.47. The highest BCUT2D eigenvalue weighted by molar-refractivity contribution is 5.97. The summed E-state index contributed by atoms with van der Waals surface area (Å²) in [7, 11) is 0. The van der Waals surface area contributed by atoms with Crippen molar-refractivity contribution in [3.05, 3.63) is 71.3 Å². The monoisotopic (exact) mass is 238 g/mol. The van der Waals surface area contributed by atoms with Crippen LogP contribution in [-0.4, -0.2) is 5.84 Å². The number of hydrogen-bond donors (Lipinski definition) is 1. The first kappa shape index (κ1) is 12.4. The molecule has 0 spiro atoms. The Bertz CT molecular complexity index is 530. The molecule has 92 valence electrons. The minimum Gasteiger partial charge on any atom is -0.383 e. The predicted octanol–water partition coefficient (Wildman–Crippen LogP) is 3.15. The summed E-state index contributed by atoms with van der Waals surface area (Å²) in [6, 6.07) is 18.2. The predicted molar refractivity (Wildman–Crippen MR) is 76.7 cm³/mol. The van der Waals surface area contributed by atoms with E-state index < -0.39 is 0 Å². The number of aryl methyl sites for hydroxylation is 1. The van der Waals surface area contributed by atoms with Gasteiger partial charge in [0.1, 0.15) is 5.84 Å². The van der Waals surface area contributed by atoms with Gasteiger partial charge < -0.3 is 5.73 Å². The van der Waals surface area contributed by atoms with Crippen molar-refractivity contribution in [2.45, 2.75) is 19.9 Å². The summed E-state index contributed by atoms with van der Waals surface area (Å²) in [6.45, 7) is 2.80. The van der Waals surface area contributed by atoms with Crippen molar-refractivity contribution in [1.29, 1.82) is 0 Å². The number of rotatable bonds is 4. The van der Waals surface area contributed by atoms with Gasteiger partial charge in [-0.3, -0.25) is 4.99 Å². The average molecular weight is 238 g/mol. The summed E-state index contributed by atoms with van der Waals surface area (Å²) in [5, 5.41) is 0. The van der Waals surface area contributed by atoms with E-state index in [0.29, 0.717) is 12.4 Å².